The Hall–Kier alpha value is -3.19. The number of ether oxygens (including phenoxy) is 1. The highest BCUT2D eigenvalue weighted by atomic mass is 16.5. The van der Waals surface area contributed by atoms with E-state index in [-0.39, 0.29) is 12.0 Å². The van der Waals surface area contributed by atoms with E-state index in [1.165, 1.54) is 6.33 Å². The Morgan fingerprint density at radius 1 is 1.07 bits per heavy atom. The van der Waals surface area contributed by atoms with E-state index in [0.717, 1.165) is 22.5 Å². The zero-order valence-corrected chi connectivity index (χ0v) is 14.7. The van der Waals surface area contributed by atoms with Gasteiger partial charge in [-0.2, -0.15) is 0 Å². The molecule has 1 saturated heterocycles. The van der Waals surface area contributed by atoms with E-state index in [2.05, 4.69) is 19.9 Å². The third kappa shape index (κ3) is 4.15. The summed E-state index contributed by atoms with van der Waals surface area (Å²) in [5.41, 5.74) is 3.44. The number of amides is 1. The van der Waals surface area contributed by atoms with Crippen molar-refractivity contribution in [2.45, 2.75) is 12.5 Å². The molecule has 7 heteroatoms. The largest absolute Gasteiger partial charge is 0.368 e. The first-order chi connectivity index (χ1) is 13.3. The van der Waals surface area contributed by atoms with Crippen LogP contribution in [0, 0.1) is 0 Å². The van der Waals surface area contributed by atoms with Crippen molar-refractivity contribution in [2.24, 2.45) is 0 Å². The van der Waals surface area contributed by atoms with Crippen molar-refractivity contribution in [1.29, 1.82) is 0 Å². The van der Waals surface area contributed by atoms with Crippen molar-refractivity contribution in [3.8, 4) is 11.1 Å². The number of hydrogen-bond donors (Lipinski definition) is 0. The van der Waals surface area contributed by atoms with Crippen LogP contribution >= 0.6 is 0 Å². The second-order valence-electron chi connectivity index (χ2n) is 6.30. The Morgan fingerprint density at radius 3 is 2.70 bits per heavy atom. The molecule has 1 amide bonds. The summed E-state index contributed by atoms with van der Waals surface area (Å²) < 4.78 is 5.84. The van der Waals surface area contributed by atoms with Gasteiger partial charge in [0.25, 0.3) is 0 Å². The van der Waals surface area contributed by atoms with Crippen LogP contribution in [0.5, 0.6) is 0 Å². The first-order valence-electron chi connectivity index (χ1n) is 8.80. The van der Waals surface area contributed by atoms with Crippen molar-refractivity contribution in [3.63, 3.8) is 0 Å². The SMILES string of the molecule is O=C(Cc1ccccn1)N1CCO[C@@H](c2ccc(-c3cncnc3)cn2)C1. The molecule has 136 valence electrons. The van der Waals surface area contributed by atoms with E-state index in [1.807, 2.05) is 35.2 Å². The highest BCUT2D eigenvalue weighted by Gasteiger charge is 2.26. The van der Waals surface area contributed by atoms with Gasteiger partial charge in [0, 0.05) is 48.2 Å². The Kier molecular flexibility index (Phi) is 5.11. The molecule has 1 fully saturated rings. The average Bonchev–Trinajstić information content (AvgIpc) is 2.75. The summed E-state index contributed by atoms with van der Waals surface area (Å²) in [6.45, 7) is 1.57. The molecule has 7 nitrogen and oxygen atoms in total. The minimum absolute atomic E-state index is 0.0556. The van der Waals surface area contributed by atoms with Crippen molar-refractivity contribution in [2.75, 3.05) is 19.7 Å². The predicted octanol–water partition coefficient (Wildman–Crippen LogP) is 2.08. The van der Waals surface area contributed by atoms with Crippen molar-refractivity contribution >= 4 is 5.91 Å². The lowest BCUT2D eigenvalue weighted by molar-refractivity contribution is -0.138. The highest BCUT2D eigenvalue weighted by Crippen LogP contribution is 2.23. The van der Waals surface area contributed by atoms with Gasteiger partial charge in [0.1, 0.15) is 12.4 Å². The second kappa shape index (κ2) is 8.01. The topological polar surface area (TPSA) is 81.1 Å². The van der Waals surface area contributed by atoms with Gasteiger partial charge in [0.2, 0.25) is 5.91 Å². The van der Waals surface area contributed by atoms with Gasteiger partial charge in [0.15, 0.2) is 0 Å². The predicted molar refractivity (Wildman–Crippen MR) is 98.5 cm³/mol. The van der Waals surface area contributed by atoms with Crippen LogP contribution in [0.25, 0.3) is 11.1 Å². The number of carbonyl (C=O) groups excluding carboxylic acids is 1. The summed E-state index contributed by atoms with van der Waals surface area (Å²) in [5, 5.41) is 0. The molecule has 4 heterocycles. The summed E-state index contributed by atoms with van der Waals surface area (Å²) in [6.07, 6.45) is 8.55. The van der Waals surface area contributed by atoms with Gasteiger partial charge in [-0.15, -0.1) is 0 Å². The van der Waals surface area contributed by atoms with Crippen molar-refractivity contribution in [1.82, 2.24) is 24.8 Å². The lowest BCUT2D eigenvalue weighted by Crippen LogP contribution is -2.43. The van der Waals surface area contributed by atoms with Crippen LogP contribution in [0.4, 0.5) is 0 Å². The van der Waals surface area contributed by atoms with Gasteiger partial charge in [0.05, 0.1) is 25.3 Å². The molecule has 0 radical (unpaired) electrons. The van der Waals surface area contributed by atoms with Crippen LogP contribution in [0.1, 0.15) is 17.5 Å². The van der Waals surface area contributed by atoms with E-state index in [0.29, 0.717) is 26.1 Å². The van der Waals surface area contributed by atoms with Gasteiger partial charge in [-0.1, -0.05) is 12.1 Å². The molecule has 4 rings (SSSR count). The second-order valence-corrected chi connectivity index (χ2v) is 6.30. The smallest absolute Gasteiger partial charge is 0.228 e. The van der Waals surface area contributed by atoms with E-state index in [1.54, 1.807) is 24.8 Å². The van der Waals surface area contributed by atoms with Gasteiger partial charge in [-0.05, 0) is 18.2 Å². The molecule has 1 atom stereocenters. The van der Waals surface area contributed by atoms with Gasteiger partial charge in [-0.3, -0.25) is 14.8 Å². The summed E-state index contributed by atoms with van der Waals surface area (Å²) in [7, 11) is 0. The van der Waals surface area contributed by atoms with Crippen molar-refractivity contribution in [3.05, 3.63) is 72.8 Å². The zero-order valence-electron chi connectivity index (χ0n) is 14.7. The lowest BCUT2D eigenvalue weighted by atomic mass is 10.1. The maximum absolute atomic E-state index is 12.6. The van der Waals surface area contributed by atoms with E-state index >= 15 is 0 Å². The fourth-order valence-electron chi connectivity index (χ4n) is 3.04. The molecule has 0 aliphatic carbocycles. The first kappa shape index (κ1) is 17.2. The molecule has 3 aromatic heterocycles. The minimum atomic E-state index is -0.229. The standard InChI is InChI=1S/C20H19N5O2/c26-20(9-17-3-1-2-6-23-17)25-7-8-27-19(13-25)18-5-4-15(12-24-18)16-10-21-14-22-11-16/h1-6,10-12,14,19H,7-9,13H2/t19-/m1/s1. The third-order valence-electron chi connectivity index (χ3n) is 4.49. The van der Waals surface area contributed by atoms with Gasteiger partial charge < -0.3 is 9.64 Å². The van der Waals surface area contributed by atoms with Crippen LogP contribution in [-0.4, -0.2) is 50.4 Å². The quantitative estimate of drug-likeness (QED) is 0.708. The number of hydrogen-bond acceptors (Lipinski definition) is 6. The van der Waals surface area contributed by atoms with E-state index < -0.39 is 0 Å². The summed E-state index contributed by atoms with van der Waals surface area (Å²) in [6, 6.07) is 9.50. The third-order valence-corrected chi connectivity index (χ3v) is 4.49. The minimum Gasteiger partial charge on any atom is -0.368 e. The summed E-state index contributed by atoms with van der Waals surface area (Å²) >= 11 is 0. The number of morpholine rings is 1. The number of carbonyl (C=O) groups is 1. The molecule has 1 aliphatic heterocycles. The number of aromatic nitrogens is 4. The Labute approximate surface area is 157 Å². The summed E-state index contributed by atoms with van der Waals surface area (Å²) in [5.74, 6) is 0.0556. The van der Waals surface area contributed by atoms with Crippen LogP contribution in [0.3, 0.4) is 0 Å². The van der Waals surface area contributed by atoms with Gasteiger partial charge in [-0.25, -0.2) is 9.97 Å². The maximum Gasteiger partial charge on any atom is 0.228 e. The number of rotatable bonds is 4. The molecule has 27 heavy (non-hydrogen) atoms. The van der Waals surface area contributed by atoms with Crippen LogP contribution in [-0.2, 0) is 16.0 Å². The van der Waals surface area contributed by atoms with Crippen LogP contribution < -0.4 is 0 Å². The van der Waals surface area contributed by atoms with Crippen LogP contribution in [0.15, 0.2) is 61.4 Å². The molecular formula is C20H19N5O2. The van der Waals surface area contributed by atoms with Crippen molar-refractivity contribution < 1.29 is 9.53 Å². The monoisotopic (exact) mass is 361 g/mol. The fourth-order valence-corrected chi connectivity index (χ4v) is 3.04. The highest BCUT2D eigenvalue weighted by molar-refractivity contribution is 5.78. The molecule has 0 bridgehead atoms. The number of pyridine rings is 2. The molecule has 0 saturated carbocycles. The number of nitrogens with zero attached hydrogens (tertiary/aromatic N) is 5. The van der Waals surface area contributed by atoms with E-state index in [9.17, 15) is 4.79 Å². The van der Waals surface area contributed by atoms with E-state index in [4.69, 9.17) is 4.74 Å². The molecule has 0 N–H and O–H groups in total. The summed E-state index contributed by atoms with van der Waals surface area (Å²) in [4.78, 5) is 31.2. The normalized spacial score (nSPS) is 16.9. The maximum atomic E-state index is 12.6. The Balaban J connectivity index is 1.43. The zero-order chi connectivity index (χ0) is 18.5. The fraction of sp³-hybridized carbons (Fsp3) is 0.250. The molecule has 0 spiro atoms. The molecular weight excluding hydrogens is 342 g/mol. The molecule has 1 aliphatic rings. The average molecular weight is 361 g/mol. The molecule has 0 unspecified atom stereocenters. The molecule has 3 aromatic rings. The lowest BCUT2D eigenvalue weighted by Gasteiger charge is -2.32. The van der Waals surface area contributed by atoms with Gasteiger partial charge >= 0.3 is 0 Å². The first-order valence-corrected chi connectivity index (χ1v) is 8.80. The molecule has 0 aromatic carbocycles. The Morgan fingerprint density at radius 2 is 1.96 bits per heavy atom. The van der Waals surface area contributed by atoms with Crippen LogP contribution in [0.2, 0.25) is 0 Å². The Bertz CT molecular complexity index is 887.